The van der Waals surface area contributed by atoms with E-state index in [1.165, 1.54) is 63.5 Å². The van der Waals surface area contributed by atoms with Gasteiger partial charge in [-0.15, -0.1) is 11.3 Å². The molecule has 0 aliphatic carbocycles. The van der Waals surface area contributed by atoms with E-state index in [2.05, 4.69) is 36.9 Å². The zero-order valence-electron chi connectivity index (χ0n) is 48.4. The second kappa shape index (κ2) is 31.8. The maximum absolute atomic E-state index is 14.2. The summed E-state index contributed by atoms with van der Waals surface area (Å²) in [6.45, 7) is 16.2. The Labute approximate surface area is 472 Å². The normalized spacial score (nSPS) is 15.5. The van der Waals surface area contributed by atoms with Crippen LogP contribution in [0.4, 0.5) is 5.69 Å². The first-order chi connectivity index (χ1) is 37.5. The fourth-order valence-electron chi connectivity index (χ4n) is 8.29. The van der Waals surface area contributed by atoms with Crippen LogP contribution in [-0.4, -0.2) is 179 Å². The molecule has 1 aromatic heterocycles. The van der Waals surface area contributed by atoms with Gasteiger partial charge in [0.1, 0.15) is 40.7 Å². The molecule has 2 aromatic rings. The van der Waals surface area contributed by atoms with Crippen molar-refractivity contribution < 1.29 is 67.6 Å². The Balaban J connectivity index is 1.59. The Hall–Kier alpha value is -6.83. The van der Waals surface area contributed by atoms with Gasteiger partial charge in [-0.05, 0) is 90.6 Å². The summed E-state index contributed by atoms with van der Waals surface area (Å²) in [5, 5.41) is 38.8. The van der Waals surface area contributed by atoms with Crippen LogP contribution in [0.1, 0.15) is 128 Å². The van der Waals surface area contributed by atoms with Gasteiger partial charge in [-0.25, -0.2) is 4.98 Å². The van der Waals surface area contributed by atoms with Gasteiger partial charge in [-0.2, -0.15) is 0 Å². The lowest BCUT2D eigenvalue weighted by Crippen LogP contribution is -2.60. The molecule has 1 aliphatic heterocycles. The van der Waals surface area contributed by atoms with E-state index in [-0.39, 0.29) is 105 Å². The van der Waals surface area contributed by atoms with Gasteiger partial charge in [0.15, 0.2) is 0 Å². The number of phenolic OH excluding ortho intramolecular Hbond substituents is 1. The monoisotopic (exact) mass is 1140 g/mol. The molecule has 0 saturated carbocycles. The highest BCUT2D eigenvalue weighted by Gasteiger charge is 2.39. The van der Waals surface area contributed by atoms with Crippen LogP contribution in [0.15, 0.2) is 35.7 Å². The van der Waals surface area contributed by atoms with Gasteiger partial charge in [-0.3, -0.25) is 57.7 Å². The van der Waals surface area contributed by atoms with Crippen LogP contribution in [0, 0.1) is 17.8 Å². The SMILES string of the molecule is CC[C@H](C)[C@H](NC(=O)C(C)(C)N(C)C)C(=O)N(C)[C@H](C[C@@H](OC)c1nc(C(=O)N[C@@H](Cc2ccc(O)c(NC(=O)[C@H](C)NC(=O)[C@H](C)NC(=O)CCOCCNC(=O)CCCN3C(=O)C=CC3=O)c2)C[C@H](C)C(=O)O)cs1)C(C)C. The highest BCUT2D eigenvalue weighted by Crippen LogP contribution is 2.31. The summed E-state index contributed by atoms with van der Waals surface area (Å²) in [6, 6.07) is 0.250. The first-order valence-corrected chi connectivity index (χ1v) is 27.8. The van der Waals surface area contributed by atoms with Crippen molar-refractivity contribution in [1.82, 2.24) is 46.3 Å². The Morgan fingerprint density at radius 3 is 2.09 bits per heavy atom. The number of ether oxygens (including phenoxy) is 2. The molecular formula is C55H84N10O14S. The number of hydrogen-bond donors (Lipinski definition) is 8. The number of nitrogens with zero attached hydrogens (tertiary/aromatic N) is 4. The van der Waals surface area contributed by atoms with E-state index in [4.69, 9.17) is 9.47 Å². The lowest BCUT2D eigenvalue weighted by Gasteiger charge is -2.38. The van der Waals surface area contributed by atoms with E-state index in [1.807, 2.05) is 27.7 Å². The number of likely N-dealkylation sites (N-methyl/N-ethyl adjacent to an activating group) is 2. The van der Waals surface area contributed by atoms with Crippen molar-refractivity contribution in [3.63, 3.8) is 0 Å². The average molecular weight is 1140 g/mol. The molecule has 1 aliphatic rings. The fraction of sp³-hybridized carbons (Fsp3) is 0.618. The third kappa shape index (κ3) is 20.4. The lowest BCUT2D eigenvalue weighted by molar-refractivity contribution is -0.142. The topological polar surface area (TPSA) is 324 Å². The van der Waals surface area contributed by atoms with Gasteiger partial charge in [0.05, 0.1) is 30.4 Å². The smallest absolute Gasteiger partial charge is 0.306 e. The van der Waals surface area contributed by atoms with Crippen LogP contribution in [0.3, 0.4) is 0 Å². The number of aromatic nitrogens is 1. The fourth-order valence-corrected chi connectivity index (χ4v) is 9.18. The molecule has 3 rings (SSSR count). The Bertz CT molecular complexity index is 2520. The van der Waals surface area contributed by atoms with Gasteiger partial charge in [0, 0.05) is 76.1 Å². The van der Waals surface area contributed by atoms with E-state index in [0.717, 1.165) is 4.90 Å². The minimum absolute atomic E-state index is 0.00304. The van der Waals surface area contributed by atoms with Crippen LogP contribution in [0.25, 0.3) is 0 Å². The number of thiazole rings is 1. The first-order valence-electron chi connectivity index (χ1n) is 26.9. The highest BCUT2D eigenvalue weighted by atomic mass is 32.1. The Kier molecular flexibility index (Phi) is 26.8. The molecule has 0 fully saturated rings. The number of nitrogens with one attached hydrogen (secondary N) is 6. The van der Waals surface area contributed by atoms with E-state index < -0.39 is 83.1 Å². The standard InChI is InChI=1S/C55H84N10O14S/c1-14-32(4)47(62-54(77)55(8,9)63(10)11)52(74)64(12)40(31(2)3)29-42(78-13)51-61-39(30-80-51)50(73)59-37(26-33(5)53(75)76)27-36-17-18-41(66)38(28-36)60-49(72)35(7)58-48(71)34(6)57-44(68)21-24-79-25-22-56-43(67)16-15-23-65-45(69)19-20-46(65)70/h17-20,28,30-35,37,40,42,47,66H,14-16,21-27,29H2,1-13H3,(H,56,67)(H,57,68)(H,58,71)(H,59,73)(H,60,72)(H,62,77)(H,75,76)/t32-,33-,34-,35-,37+,40+,42+,47-/m0/s1. The molecule has 0 unspecified atom stereocenters. The molecule has 0 bridgehead atoms. The number of anilines is 1. The van der Waals surface area contributed by atoms with Gasteiger partial charge < -0.3 is 56.5 Å². The van der Waals surface area contributed by atoms with E-state index in [9.17, 15) is 58.2 Å². The lowest BCUT2D eigenvalue weighted by atomic mass is 9.92. The molecule has 0 saturated heterocycles. The number of rotatable bonds is 34. The van der Waals surface area contributed by atoms with Crippen molar-refractivity contribution in [2.45, 2.75) is 149 Å². The number of aliphatic carboxylic acids is 1. The van der Waals surface area contributed by atoms with Crippen molar-refractivity contribution in [3.05, 3.63) is 52.0 Å². The highest BCUT2D eigenvalue weighted by molar-refractivity contribution is 7.09. The molecule has 8 N–H and O–H groups in total. The summed E-state index contributed by atoms with van der Waals surface area (Å²) < 4.78 is 11.3. The van der Waals surface area contributed by atoms with E-state index in [0.29, 0.717) is 29.8 Å². The third-order valence-electron chi connectivity index (χ3n) is 14.3. The zero-order valence-corrected chi connectivity index (χ0v) is 49.2. The third-order valence-corrected chi connectivity index (χ3v) is 15.2. The molecule has 2 heterocycles. The van der Waals surface area contributed by atoms with Gasteiger partial charge in [0.25, 0.3) is 17.7 Å². The molecule has 1 aromatic carbocycles. The number of carbonyl (C=O) groups excluding carboxylic acids is 9. The van der Waals surface area contributed by atoms with Crippen LogP contribution >= 0.6 is 11.3 Å². The minimum atomic E-state index is -1.14. The van der Waals surface area contributed by atoms with Crippen molar-refractivity contribution in [2.24, 2.45) is 17.8 Å². The number of imide groups is 1. The number of phenols is 1. The Morgan fingerprint density at radius 1 is 0.838 bits per heavy atom. The van der Waals surface area contributed by atoms with Crippen molar-refractivity contribution in [2.75, 3.05) is 59.9 Å². The summed E-state index contributed by atoms with van der Waals surface area (Å²) in [7, 11) is 6.83. The van der Waals surface area contributed by atoms with Crippen molar-refractivity contribution in [1.29, 1.82) is 0 Å². The number of amides is 9. The van der Waals surface area contributed by atoms with Gasteiger partial charge >= 0.3 is 5.97 Å². The number of carbonyl (C=O) groups is 10. The average Bonchev–Trinajstić information content (AvgIpc) is 4.02. The van der Waals surface area contributed by atoms with Crippen molar-refractivity contribution >= 4 is 76.2 Å². The summed E-state index contributed by atoms with van der Waals surface area (Å²) in [6.07, 6.45) is 3.06. The van der Waals surface area contributed by atoms with Crippen LogP contribution in [-0.2, 0) is 59.0 Å². The number of benzene rings is 1. The molecular weight excluding hydrogens is 1060 g/mol. The maximum atomic E-state index is 14.2. The molecule has 80 heavy (non-hydrogen) atoms. The second-order valence-electron chi connectivity index (χ2n) is 21.3. The Morgan fingerprint density at radius 2 is 1.49 bits per heavy atom. The molecule has 0 spiro atoms. The van der Waals surface area contributed by atoms with Gasteiger partial charge in [-0.1, -0.05) is 47.1 Å². The predicted molar refractivity (Wildman–Crippen MR) is 299 cm³/mol. The number of aromatic hydroxyl groups is 1. The molecule has 25 heteroatoms. The maximum Gasteiger partial charge on any atom is 0.306 e. The minimum Gasteiger partial charge on any atom is -0.506 e. The summed E-state index contributed by atoms with van der Waals surface area (Å²) in [4.78, 5) is 137. The first kappa shape index (κ1) is 67.4. The number of carboxylic acid groups (broad SMARTS) is 1. The molecule has 8 atom stereocenters. The van der Waals surface area contributed by atoms with Crippen LogP contribution < -0.4 is 31.9 Å². The number of carboxylic acids is 1. The quantitative estimate of drug-likeness (QED) is 0.0284. The summed E-state index contributed by atoms with van der Waals surface area (Å²) >= 11 is 1.19. The summed E-state index contributed by atoms with van der Waals surface area (Å²) in [5.41, 5.74) is -0.319. The van der Waals surface area contributed by atoms with Gasteiger partial charge in [0.2, 0.25) is 35.4 Å². The molecule has 24 nitrogen and oxygen atoms in total. The number of methoxy groups -OCH3 is 1. The van der Waals surface area contributed by atoms with Crippen molar-refractivity contribution in [3.8, 4) is 5.75 Å². The molecule has 444 valence electrons. The number of hydrogen-bond acceptors (Lipinski definition) is 16. The van der Waals surface area contributed by atoms with E-state index in [1.54, 1.807) is 56.2 Å². The largest absolute Gasteiger partial charge is 0.506 e. The van der Waals surface area contributed by atoms with Crippen LogP contribution in [0.2, 0.25) is 0 Å². The predicted octanol–water partition coefficient (Wildman–Crippen LogP) is 2.91. The summed E-state index contributed by atoms with van der Waals surface area (Å²) in [5.74, 6) is -6.60. The molecule has 9 amide bonds. The molecule has 0 radical (unpaired) electrons. The zero-order chi connectivity index (χ0) is 60.2. The second-order valence-corrected chi connectivity index (χ2v) is 22.2. The van der Waals surface area contributed by atoms with E-state index >= 15 is 0 Å². The van der Waals surface area contributed by atoms with Crippen LogP contribution in [0.5, 0.6) is 5.75 Å².